The van der Waals surface area contributed by atoms with Gasteiger partial charge in [-0.25, -0.2) is 0 Å². The van der Waals surface area contributed by atoms with E-state index in [9.17, 15) is 0 Å². The zero-order valence-corrected chi connectivity index (χ0v) is 13.3. The molecule has 0 radical (unpaired) electrons. The Labute approximate surface area is 126 Å². The van der Waals surface area contributed by atoms with Crippen LogP contribution in [0.25, 0.3) is 0 Å². The number of anilines is 1. The first-order chi connectivity index (χ1) is 9.21. The number of nitrogens with zero attached hydrogens (tertiary/aromatic N) is 1. The molecule has 1 aliphatic carbocycles. The molecule has 1 spiro atoms. The van der Waals surface area contributed by atoms with Crippen molar-refractivity contribution >= 4 is 38.5 Å². The van der Waals surface area contributed by atoms with E-state index in [1.165, 1.54) is 25.7 Å². The molecule has 1 saturated carbocycles. The minimum absolute atomic E-state index is 0.215. The van der Waals surface area contributed by atoms with Gasteiger partial charge in [0.25, 0.3) is 0 Å². The van der Waals surface area contributed by atoms with Gasteiger partial charge in [-0.05, 0) is 31.0 Å². The maximum atomic E-state index is 5.38. The monoisotopic (exact) mass is 340 g/mol. The number of rotatable bonds is 2. The van der Waals surface area contributed by atoms with Crippen molar-refractivity contribution in [1.82, 2.24) is 0 Å². The Bertz CT molecular complexity index is 512. The van der Waals surface area contributed by atoms with Gasteiger partial charge in [0.15, 0.2) is 5.17 Å². The number of ether oxygens (including phenoxy) is 1. The predicted octanol–water partition coefficient (Wildman–Crippen LogP) is 4.29. The first-order valence-corrected chi connectivity index (χ1v) is 8.32. The number of hydrogen-bond acceptors (Lipinski definition) is 4. The van der Waals surface area contributed by atoms with Gasteiger partial charge in [0.2, 0.25) is 0 Å². The molecule has 3 rings (SSSR count). The van der Waals surface area contributed by atoms with Gasteiger partial charge in [-0.15, -0.1) is 0 Å². The molecule has 1 heterocycles. The summed E-state index contributed by atoms with van der Waals surface area (Å²) < 4.78 is 6.42. The van der Waals surface area contributed by atoms with E-state index in [2.05, 4.69) is 21.2 Å². The van der Waals surface area contributed by atoms with E-state index in [-0.39, 0.29) is 5.54 Å². The van der Waals surface area contributed by atoms with Crippen LogP contribution in [0.15, 0.2) is 27.7 Å². The lowest BCUT2D eigenvalue weighted by Crippen LogP contribution is -2.21. The van der Waals surface area contributed by atoms with Crippen molar-refractivity contribution in [2.24, 2.45) is 4.99 Å². The zero-order valence-electron chi connectivity index (χ0n) is 10.9. The van der Waals surface area contributed by atoms with Gasteiger partial charge in [-0.3, -0.25) is 4.99 Å². The van der Waals surface area contributed by atoms with E-state index in [1.54, 1.807) is 7.11 Å². The van der Waals surface area contributed by atoms with E-state index >= 15 is 0 Å². The highest BCUT2D eigenvalue weighted by Crippen LogP contribution is 2.41. The van der Waals surface area contributed by atoms with Crippen LogP contribution < -0.4 is 10.1 Å². The van der Waals surface area contributed by atoms with Crippen molar-refractivity contribution in [2.45, 2.75) is 31.2 Å². The number of benzene rings is 1. The van der Waals surface area contributed by atoms with Gasteiger partial charge in [-0.2, -0.15) is 0 Å². The standard InChI is InChI=1S/C14H17BrN2OS/c1-18-12-5-4-10(15)8-11(12)16-13-17-14(9-19-13)6-2-3-7-14/h4-5,8H,2-3,6-7,9H2,1H3,(H,16,17). The van der Waals surface area contributed by atoms with E-state index in [1.807, 2.05) is 30.0 Å². The van der Waals surface area contributed by atoms with Crippen LogP contribution in [0.4, 0.5) is 5.69 Å². The highest BCUT2D eigenvalue weighted by Gasteiger charge is 2.38. The highest BCUT2D eigenvalue weighted by molar-refractivity contribution is 9.10. The van der Waals surface area contributed by atoms with Crippen LogP contribution in [-0.4, -0.2) is 23.6 Å². The van der Waals surface area contributed by atoms with Crippen molar-refractivity contribution in [3.63, 3.8) is 0 Å². The summed E-state index contributed by atoms with van der Waals surface area (Å²) in [7, 11) is 1.69. The van der Waals surface area contributed by atoms with Crippen molar-refractivity contribution < 1.29 is 4.74 Å². The number of hydrogen-bond donors (Lipinski definition) is 1. The molecule has 0 atom stereocenters. The fraction of sp³-hybridized carbons (Fsp3) is 0.500. The van der Waals surface area contributed by atoms with Crippen LogP contribution in [0.1, 0.15) is 25.7 Å². The fourth-order valence-electron chi connectivity index (χ4n) is 2.73. The summed E-state index contributed by atoms with van der Waals surface area (Å²) >= 11 is 5.32. The van der Waals surface area contributed by atoms with Crippen molar-refractivity contribution in [1.29, 1.82) is 0 Å². The maximum Gasteiger partial charge on any atom is 0.161 e. The second-order valence-corrected chi connectivity index (χ2v) is 6.99. The maximum absolute atomic E-state index is 5.38. The molecular formula is C14H17BrN2OS. The van der Waals surface area contributed by atoms with E-state index in [0.29, 0.717) is 0 Å². The van der Waals surface area contributed by atoms with E-state index in [0.717, 1.165) is 26.8 Å². The van der Waals surface area contributed by atoms with Gasteiger partial charge in [0, 0.05) is 10.2 Å². The average molecular weight is 341 g/mol. The van der Waals surface area contributed by atoms with Gasteiger partial charge in [0.05, 0.1) is 18.3 Å². The molecule has 1 fully saturated rings. The summed E-state index contributed by atoms with van der Waals surface area (Å²) in [6.45, 7) is 0. The molecule has 5 heteroatoms. The SMILES string of the molecule is COc1ccc(Br)cc1NC1=NC2(CCCC2)CS1. The van der Waals surface area contributed by atoms with Gasteiger partial charge in [0.1, 0.15) is 5.75 Å². The minimum atomic E-state index is 0.215. The second-order valence-electron chi connectivity index (χ2n) is 5.11. The van der Waals surface area contributed by atoms with Gasteiger partial charge in [-0.1, -0.05) is 40.5 Å². The Kier molecular flexibility index (Phi) is 3.76. The summed E-state index contributed by atoms with van der Waals surface area (Å²) in [6, 6.07) is 5.96. The number of aliphatic imine (C=N–C) groups is 1. The molecule has 1 aromatic rings. The van der Waals surface area contributed by atoms with Crippen molar-refractivity contribution in [3.8, 4) is 5.75 Å². The zero-order chi connectivity index (χ0) is 13.3. The summed E-state index contributed by atoms with van der Waals surface area (Å²) in [5, 5.41) is 4.44. The summed E-state index contributed by atoms with van der Waals surface area (Å²) in [4.78, 5) is 4.92. The Morgan fingerprint density at radius 3 is 2.89 bits per heavy atom. The molecule has 102 valence electrons. The molecule has 0 amide bonds. The lowest BCUT2D eigenvalue weighted by Gasteiger charge is -2.16. The third kappa shape index (κ3) is 2.77. The van der Waals surface area contributed by atoms with E-state index in [4.69, 9.17) is 9.73 Å². The van der Waals surface area contributed by atoms with Crippen molar-refractivity contribution in [3.05, 3.63) is 22.7 Å². The van der Waals surface area contributed by atoms with Crippen LogP contribution in [-0.2, 0) is 0 Å². The number of methoxy groups -OCH3 is 1. The van der Waals surface area contributed by atoms with Crippen molar-refractivity contribution in [2.75, 3.05) is 18.2 Å². The molecule has 0 aromatic heterocycles. The highest BCUT2D eigenvalue weighted by atomic mass is 79.9. The van der Waals surface area contributed by atoms with Gasteiger partial charge < -0.3 is 10.1 Å². The Morgan fingerprint density at radius 2 is 2.16 bits per heavy atom. The van der Waals surface area contributed by atoms with Crippen LogP contribution >= 0.6 is 27.7 Å². The quantitative estimate of drug-likeness (QED) is 0.871. The second kappa shape index (κ2) is 5.37. The number of amidine groups is 1. The predicted molar refractivity (Wildman–Crippen MR) is 85.4 cm³/mol. The normalized spacial score (nSPS) is 20.6. The van der Waals surface area contributed by atoms with E-state index < -0.39 is 0 Å². The minimum Gasteiger partial charge on any atom is -0.495 e. The van der Waals surface area contributed by atoms with Crippen LogP contribution in [0.3, 0.4) is 0 Å². The number of halogens is 1. The molecule has 1 N–H and O–H groups in total. The molecule has 1 aliphatic heterocycles. The number of thioether (sulfide) groups is 1. The van der Waals surface area contributed by atoms with Gasteiger partial charge >= 0.3 is 0 Å². The molecule has 0 saturated heterocycles. The molecule has 0 unspecified atom stereocenters. The van der Waals surface area contributed by atoms with Crippen LogP contribution in [0.5, 0.6) is 5.75 Å². The number of nitrogens with one attached hydrogen (secondary N) is 1. The van der Waals surface area contributed by atoms with Crippen LogP contribution in [0.2, 0.25) is 0 Å². The molecule has 2 aliphatic rings. The first-order valence-electron chi connectivity index (χ1n) is 6.54. The molecule has 1 aromatic carbocycles. The molecule has 19 heavy (non-hydrogen) atoms. The summed E-state index contributed by atoms with van der Waals surface area (Å²) in [5.74, 6) is 1.96. The Morgan fingerprint density at radius 1 is 1.37 bits per heavy atom. The largest absolute Gasteiger partial charge is 0.495 e. The lowest BCUT2D eigenvalue weighted by atomic mass is 10.0. The average Bonchev–Trinajstić information content (AvgIpc) is 3.01. The summed E-state index contributed by atoms with van der Waals surface area (Å²) in [5.41, 5.74) is 1.19. The third-order valence-electron chi connectivity index (χ3n) is 3.75. The molecule has 3 nitrogen and oxygen atoms in total. The summed E-state index contributed by atoms with van der Waals surface area (Å²) in [6.07, 6.45) is 5.11. The molecular weight excluding hydrogens is 324 g/mol. The Hall–Kier alpha value is -0.680. The lowest BCUT2D eigenvalue weighted by molar-refractivity contribution is 0.417. The molecule has 0 bridgehead atoms. The first kappa shape index (κ1) is 13.3. The topological polar surface area (TPSA) is 33.6 Å². The fourth-order valence-corrected chi connectivity index (χ4v) is 4.29. The van der Waals surface area contributed by atoms with Crippen LogP contribution in [0, 0.1) is 0 Å². The third-order valence-corrected chi connectivity index (χ3v) is 5.40. The Balaban J connectivity index is 1.80. The smallest absolute Gasteiger partial charge is 0.161 e.